The maximum absolute atomic E-state index is 13.1. The lowest BCUT2D eigenvalue weighted by Crippen LogP contribution is -2.23. The molecule has 2 N–H and O–H groups in total. The summed E-state index contributed by atoms with van der Waals surface area (Å²) in [5.74, 6) is -0.128. The minimum absolute atomic E-state index is 0. The van der Waals surface area contributed by atoms with Crippen molar-refractivity contribution in [3.8, 4) is 5.75 Å². The molecule has 0 bridgehead atoms. The van der Waals surface area contributed by atoms with E-state index in [1.807, 2.05) is 32.7 Å². The quantitative estimate of drug-likeness (QED) is 0.608. The molecule has 2 aromatic rings. The van der Waals surface area contributed by atoms with Crippen LogP contribution in [-0.4, -0.2) is 41.1 Å². The fourth-order valence-corrected chi connectivity index (χ4v) is 3.49. The molecule has 7 heteroatoms. The monoisotopic (exact) mass is 445 g/mol. The topological polar surface area (TPSA) is 60.8 Å². The molecule has 0 fully saturated rings. The maximum Gasteiger partial charge on any atom is 0.196 e. The van der Waals surface area contributed by atoms with Gasteiger partial charge in [0, 0.05) is 29.8 Å². The number of carbonyl (C=O) groups excluding carboxylic acids is 1. The molecule has 28 heavy (non-hydrogen) atoms. The molecule has 0 unspecified atom stereocenters. The highest BCUT2D eigenvalue weighted by molar-refractivity contribution is 6.41. The Morgan fingerprint density at radius 1 is 1.14 bits per heavy atom. The van der Waals surface area contributed by atoms with Crippen molar-refractivity contribution in [2.24, 2.45) is 0 Å². The van der Waals surface area contributed by atoms with E-state index < -0.39 is 0 Å². The molecule has 0 aliphatic rings. The van der Waals surface area contributed by atoms with Crippen molar-refractivity contribution in [3.63, 3.8) is 0 Å². The van der Waals surface area contributed by atoms with Crippen LogP contribution in [0.5, 0.6) is 5.75 Å². The number of halogens is 3. The Labute approximate surface area is 182 Å². The number of rotatable bonds is 6. The molecule has 154 valence electrons. The van der Waals surface area contributed by atoms with Crippen LogP contribution in [0.15, 0.2) is 30.3 Å². The number of phenols is 1. The average Bonchev–Trinajstić information content (AvgIpc) is 2.55. The zero-order chi connectivity index (χ0) is 20.4. The molecule has 4 nitrogen and oxygen atoms in total. The number of aliphatic hydroxyl groups is 1. The fourth-order valence-electron chi connectivity index (χ4n) is 2.92. The standard InChI is InChI=1S/C21H25Cl2NO3.ClH/c1-21(2,3)15-11-13(10-14(19(15)26)12-24(4)8-9-25)20(27)18-16(22)6-5-7-17(18)23;/h5-7,10-11,25-26H,8-9,12H2,1-4H3;1H. The molecule has 0 saturated heterocycles. The number of aliphatic hydroxyl groups excluding tert-OH is 1. The highest BCUT2D eigenvalue weighted by Crippen LogP contribution is 2.36. The summed E-state index contributed by atoms with van der Waals surface area (Å²) in [4.78, 5) is 15.0. The Hall–Kier alpha value is -1.30. The second-order valence-electron chi connectivity index (χ2n) is 7.67. The van der Waals surface area contributed by atoms with E-state index in [1.54, 1.807) is 30.3 Å². The predicted molar refractivity (Wildman–Crippen MR) is 117 cm³/mol. The summed E-state index contributed by atoms with van der Waals surface area (Å²) in [7, 11) is 1.84. The summed E-state index contributed by atoms with van der Waals surface area (Å²) < 4.78 is 0. The summed E-state index contributed by atoms with van der Waals surface area (Å²) in [6.45, 7) is 6.78. The van der Waals surface area contributed by atoms with Gasteiger partial charge < -0.3 is 10.2 Å². The number of hydrogen-bond donors (Lipinski definition) is 2. The van der Waals surface area contributed by atoms with Crippen LogP contribution < -0.4 is 0 Å². The SMILES string of the molecule is CN(CCO)Cc1cc(C(=O)c2c(Cl)cccc2Cl)cc(C(C)(C)C)c1O.Cl. The van der Waals surface area contributed by atoms with Crippen molar-refractivity contribution in [3.05, 3.63) is 62.6 Å². The number of nitrogens with zero attached hydrogens (tertiary/aromatic N) is 1. The van der Waals surface area contributed by atoms with Gasteiger partial charge in [-0.1, -0.05) is 50.0 Å². The van der Waals surface area contributed by atoms with Crippen molar-refractivity contribution in [1.82, 2.24) is 4.90 Å². The van der Waals surface area contributed by atoms with E-state index in [0.717, 1.165) is 0 Å². The molecule has 0 atom stereocenters. The molecule has 0 aromatic heterocycles. The van der Waals surface area contributed by atoms with Gasteiger partial charge in [0.05, 0.1) is 22.2 Å². The maximum atomic E-state index is 13.1. The first kappa shape index (κ1) is 24.7. The van der Waals surface area contributed by atoms with Crippen LogP contribution in [0.25, 0.3) is 0 Å². The third-order valence-electron chi connectivity index (χ3n) is 4.37. The normalized spacial score (nSPS) is 11.4. The first-order chi connectivity index (χ1) is 12.6. The largest absolute Gasteiger partial charge is 0.507 e. The molecule has 2 rings (SSSR count). The van der Waals surface area contributed by atoms with Gasteiger partial charge in [-0.3, -0.25) is 9.69 Å². The second-order valence-corrected chi connectivity index (χ2v) is 8.48. The number of aromatic hydroxyl groups is 1. The minimum atomic E-state index is -0.366. The van der Waals surface area contributed by atoms with Gasteiger partial charge in [0.25, 0.3) is 0 Å². The highest BCUT2D eigenvalue weighted by Gasteiger charge is 2.25. The Balaban J connectivity index is 0.00000392. The van der Waals surface area contributed by atoms with Gasteiger partial charge in [0.2, 0.25) is 0 Å². The van der Waals surface area contributed by atoms with Crippen LogP contribution in [0.1, 0.15) is 47.8 Å². The van der Waals surface area contributed by atoms with Gasteiger partial charge in [0.1, 0.15) is 5.75 Å². The second kappa shape index (κ2) is 9.95. The molecule has 0 radical (unpaired) electrons. The molecule has 0 spiro atoms. The average molecular weight is 447 g/mol. The van der Waals surface area contributed by atoms with E-state index in [2.05, 4.69) is 0 Å². The summed E-state index contributed by atoms with van der Waals surface area (Å²) in [6.07, 6.45) is 0. The highest BCUT2D eigenvalue weighted by atomic mass is 35.5. The van der Waals surface area contributed by atoms with E-state index in [1.165, 1.54) is 0 Å². The summed E-state index contributed by atoms with van der Waals surface area (Å²) in [5, 5.41) is 20.5. The first-order valence-electron chi connectivity index (χ1n) is 8.70. The van der Waals surface area contributed by atoms with E-state index in [9.17, 15) is 9.90 Å². The zero-order valence-electron chi connectivity index (χ0n) is 16.4. The zero-order valence-corrected chi connectivity index (χ0v) is 18.8. The Kier molecular flexibility index (Phi) is 8.79. The van der Waals surface area contributed by atoms with Crippen LogP contribution in [0.3, 0.4) is 0 Å². The summed E-state index contributed by atoms with van der Waals surface area (Å²) in [5.41, 5.74) is 1.59. The van der Waals surface area contributed by atoms with Crippen LogP contribution >= 0.6 is 35.6 Å². The van der Waals surface area contributed by atoms with Crippen LogP contribution in [0.2, 0.25) is 10.0 Å². The van der Waals surface area contributed by atoms with Crippen molar-refractivity contribution >= 4 is 41.4 Å². The van der Waals surface area contributed by atoms with E-state index >= 15 is 0 Å². The molecule has 0 saturated carbocycles. The van der Waals surface area contributed by atoms with Crippen LogP contribution in [0.4, 0.5) is 0 Å². The van der Waals surface area contributed by atoms with E-state index in [0.29, 0.717) is 29.8 Å². The molecule has 0 amide bonds. The molecule has 2 aromatic carbocycles. The number of benzene rings is 2. The van der Waals surface area contributed by atoms with Crippen LogP contribution in [-0.2, 0) is 12.0 Å². The fraction of sp³-hybridized carbons (Fsp3) is 0.381. The predicted octanol–water partition coefficient (Wildman–Crippen LogP) is 5.07. The molecular formula is C21H26Cl3NO3. The molecule has 0 aliphatic heterocycles. The lowest BCUT2D eigenvalue weighted by atomic mass is 9.83. The van der Waals surface area contributed by atoms with E-state index in [-0.39, 0.29) is 51.6 Å². The molecule has 0 aliphatic carbocycles. The van der Waals surface area contributed by atoms with Crippen molar-refractivity contribution in [2.75, 3.05) is 20.2 Å². The van der Waals surface area contributed by atoms with Gasteiger partial charge in [-0.2, -0.15) is 0 Å². The Morgan fingerprint density at radius 2 is 1.71 bits per heavy atom. The molecule has 0 heterocycles. The smallest absolute Gasteiger partial charge is 0.196 e. The van der Waals surface area contributed by atoms with E-state index in [4.69, 9.17) is 28.3 Å². The Bertz CT molecular complexity index is 827. The third kappa shape index (κ3) is 5.62. The minimum Gasteiger partial charge on any atom is -0.507 e. The summed E-state index contributed by atoms with van der Waals surface area (Å²) >= 11 is 12.4. The Morgan fingerprint density at radius 3 is 2.21 bits per heavy atom. The number of phenolic OH excluding ortho intramolecular Hbond substituents is 1. The lowest BCUT2D eigenvalue weighted by molar-refractivity contribution is 0.103. The third-order valence-corrected chi connectivity index (χ3v) is 5.00. The number of ketones is 1. The number of likely N-dealkylation sites (N-methyl/N-ethyl adjacent to an activating group) is 1. The van der Waals surface area contributed by atoms with Crippen molar-refractivity contribution < 1.29 is 15.0 Å². The lowest BCUT2D eigenvalue weighted by Gasteiger charge is -2.25. The van der Waals surface area contributed by atoms with Gasteiger partial charge in [0.15, 0.2) is 5.78 Å². The first-order valence-corrected chi connectivity index (χ1v) is 9.46. The van der Waals surface area contributed by atoms with Gasteiger partial charge in [-0.15, -0.1) is 12.4 Å². The number of carbonyl (C=O) groups is 1. The van der Waals surface area contributed by atoms with Crippen LogP contribution in [0, 0.1) is 0 Å². The van der Waals surface area contributed by atoms with Crippen molar-refractivity contribution in [2.45, 2.75) is 32.7 Å². The van der Waals surface area contributed by atoms with Gasteiger partial charge in [-0.25, -0.2) is 0 Å². The van der Waals surface area contributed by atoms with Crippen molar-refractivity contribution in [1.29, 1.82) is 0 Å². The van der Waals surface area contributed by atoms with Gasteiger partial charge in [-0.05, 0) is 36.7 Å². The number of hydrogen-bond acceptors (Lipinski definition) is 4. The van der Waals surface area contributed by atoms with Gasteiger partial charge >= 0.3 is 0 Å². The molecular weight excluding hydrogens is 421 g/mol. The summed E-state index contributed by atoms with van der Waals surface area (Å²) in [6, 6.07) is 8.31.